The van der Waals surface area contributed by atoms with Crippen LogP contribution in [0.25, 0.3) is 0 Å². The van der Waals surface area contributed by atoms with Crippen molar-refractivity contribution in [2.75, 3.05) is 19.6 Å². The van der Waals surface area contributed by atoms with E-state index in [1.54, 1.807) is 18.3 Å². The van der Waals surface area contributed by atoms with Crippen LogP contribution >= 0.6 is 0 Å². The van der Waals surface area contributed by atoms with E-state index < -0.39 is 18.0 Å². The largest absolute Gasteiger partial charge is 0.445 e. The monoisotopic (exact) mass is 531 g/mol. The summed E-state index contributed by atoms with van der Waals surface area (Å²) in [6.07, 6.45) is 6.17. The van der Waals surface area contributed by atoms with Crippen LogP contribution in [0.15, 0.2) is 85.3 Å². The van der Waals surface area contributed by atoms with Gasteiger partial charge in [-0.15, -0.1) is 0 Å². The van der Waals surface area contributed by atoms with Gasteiger partial charge in [0.25, 0.3) is 0 Å². The molecule has 3 rings (SSSR count). The number of aromatic nitrogens is 2. The predicted octanol–water partition coefficient (Wildman–Crippen LogP) is 3.75. The van der Waals surface area contributed by atoms with Gasteiger partial charge in [-0.05, 0) is 18.1 Å². The minimum Gasteiger partial charge on any atom is -0.445 e. The summed E-state index contributed by atoms with van der Waals surface area (Å²) >= 11 is 0. The van der Waals surface area contributed by atoms with Gasteiger partial charge in [-0.3, -0.25) is 9.59 Å². The minimum absolute atomic E-state index is 0.0673. The standard InChI is InChI=1S/C30H37N5O4/c1-4-5-16-35(19-27(36)32-21-30(2,3)24-14-10-7-11-15-24)28(37)26(17-25-18-31-22-33-25)34-29(38)39-20-23-12-8-6-9-13-23/h4-15,18,22,26H,16-17,19-21H2,1-3H3,(H,31,33)(H,32,36)(H,34,38)/b5-4+. The van der Waals surface area contributed by atoms with Crippen molar-refractivity contribution < 1.29 is 19.1 Å². The van der Waals surface area contributed by atoms with E-state index in [1.165, 1.54) is 11.2 Å². The first-order chi connectivity index (χ1) is 18.8. The SMILES string of the molecule is C/C=C/CN(CC(=O)NCC(C)(C)c1ccccc1)C(=O)C(Cc1c[nH]cn1)NC(=O)OCc1ccccc1. The molecule has 206 valence electrons. The number of aromatic amines is 1. The van der Waals surface area contributed by atoms with Crippen molar-refractivity contribution in [3.05, 3.63) is 102 Å². The number of benzene rings is 2. The van der Waals surface area contributed by atoms with E-state index in [9.17, 15) is 14.4 Å². The van der Waals surface area contributed by atoms with Gasteiger partial charge in [-0.2, -0.15) is 0 Å². The lowest BCUT2D eigenvalue weighted by Crippen LogP contribution is -2.52. The summed E-state index contributed by atoms with van der Waals surface area (Å²) in [6, 6.07) is 18.2. The second-order valence-electron chi connectivity index (χ2n) is 9.84. The first-order valence-corrected chi connectivity index (χ1v) is 13.0. The number of amides is 3. The molecule has 0 spiro atoms. The number of alkyl carbamates (subject to hydrolysis) is 1. The number of hydrogen-bond acceptors (Lipinski definition) is 5. The van der Waals surface area contributed by atoms with Crippen LogP contribution in [-0.2, 0) is 32.8 Å². The summed E-state index contributed by atoms with van der Waals surface area (Å²) in [7, 11) is 0. The number of H-pyrrole nitrogens is 1. The van der Waals surface area contributed by atoms with Gasteiger partial charge >= 0.3 is 6.09 Å². The van der Waals surface area contributed by atoms with Gasteiger partial charge in [0.05, 0.1) is 18.6 Å². The Balaban J connectivity index is 1.67. The maximum Gasteiger partial charge on any atom is 0.408 e. The third-order valence-electron chi connectivity index (χ3n) is 6.26. The third-order valence-corrected chi connectivity index (χ3v) is 6.26. The molecule has 0 saturated carbocycles. The van der Waals surface area contributed by atoms with Gasteiger partial charge in [0.15, 0.2) is 0 Å². The maximum atomic E-state index is 13.6. The van der Waals surface area contributed by atoms with Crippen molar-refractivity contribution in [2.45, 2.75) is 45.3 Å². The molecule has 1 unspecified atom stereocenters. The molecular weight excluding hydrogens is 494 g/mol. The zero-order valence-electron chi connectivity index (χ0n) is 22.7. The second kappa shape index (κ2) is 14.5. The van der Waals surface area contributed by atoms with E-state index in [1.807, 2.05) is 67.6 Å². The highest BCUT2D eigenvalue weighted by Gasteiger charge is 2.29. The van der Waals surface area contributed by atoms with Crippen molar-refractivity contribution in [3.63, 3.8) is 0 Å². The summed E-state index contributed by atoms with van der Waals surface area (Å²) in [6.45, 7) is 6.46. The zero-order chi connectivity index (χ0) is 28.1. The Kier molecular flexibility index (Phi) is 10.9. The number of ether oxygens (including phenoxy) is 1. The molecule has 3 amide bonds. The average molecular weight is 532 g/mol. The first-order valence-electron chi connectivity index (χ1n) is 13.0. The van der Waals surface area contributed by atoms with Crippen LogP contribution in [0, 0.1) is 0 Å². The van der Waals surface area contributed by atoms with Crippen LogP contribution in [0.2, 0.25) is 0 Å². The molecule has 0 saturated heterocycles. The topological polar surface area (TPSA) is 116 Å². The van der Waals surface area contributed by atoms with Crippen LogP contribution in [0.1, 0.15) is 37.6 Å². The van der Waals surface area contributed by atoms with Crippen LogP contribution < -0.4 is 10.6 Å². The van der Waals surface area contributed by atoms with Crippen molar-refractivity contribution in [2.24, 2.45) is 0 Å². The Hall–Kier alpha value is -4.40. The molecule has 9 nitrogen and oxygen atoms in total. The van der Waals surface area contributed by atoms with Gasteiger partial charge in [0.2, 0.25) is 11.8 Å². The quantitative estimate of drug-likeness (QED) is 0.291. The third kappa shape index (κ3) is 9.45. The Morgan fingerprint density at radius 1 is 1.08 bits per heavy atom. The highest BCUT2D eigenvalue weighted by atomic mass is 16.5. The number of rotatable bonds is 13. The van der Waals surface area contributed by atoms with Crippen LogP contribution in [0.3, 0.4) is 0 Å². The average Bonchev–Trinajstić information content (AvgIpc) is 3.46. The van der Waals surface area contributed by atoms with Gasteiger partial charge in [0.1, 0.15) is 12.6 Å². The van der Waals surface area contributed by atoms with Crippen LogP contribution in [0.4, 0.5) is 4.79 Å². The second-order valence-corrected chi connectivity index (χ2v) is 9.84. The predicted molar refractivity (Wildman–Crippen MR) is 150 cm³/mol. The van der Waals surface area contributed by atoms with E-state index in [4.69, 9.17) is 4.74 Å². The molecule has 3 aromatic rings. The lowest BCUT2D eigenvalue weighted by atomic mass is 9.84. The van der Waals surface area contributed by atoms with E-state index in [2.05, 4.69) is 34.4 Å². The highest BCUT2D eigenvalue weighted by molar-refractivity contribution is 5.90. The maximum absolute atomic E-state index is 13.6. The molecule has 0 fully saturated rings. The molecule has 1 atom stereocenters. The number of imidazole rings is 1. The summed E-state index contributed by atoms with van der Waals surface area (Å²) < 4.78 is 5.35. The normalized spacial score (nSPS) is 12.1. The zero-order valence-corrected chi connectivity index (χ0v) is 22.7. The fourth-order valence-corrected chi connectivity index (χ4v) is 3.94. The van der Waals surface area contributed by atoms with Gasteiger partial charge in [0, 0.05) is 31.1 Å². The van der Waals surface area contributed by atoms with E-state index in [0.717, 1.165) is 11.1 Å². The van der Waals surface area contributed by atoms with Crippen LogP contribution in [0.5, 0.6) is 0 Å². The molecule has 0 aliphatic carbocycles. The molecule has 0 radical (unpaired) electrons. The smallest absolute Gasteiger partial charge is 0.408 e. The molecule has 0 aliphatic rings. The van der Waals surface area contributed by atoms with Crippen molar-refractivity contribution in [1.82, 2.24) is 25.5 Å². The van der Waals surface area contributed by atoms with Crippen molar-refractivity contribution in [3.8, 4) is 0 Å². The molecular formula is C30H37N5O4. The van der Waals surface area contributed by atoms with E-state index in [0.29, 0.717) is 12.2 Å². The molecule has 1 aromatic heterocycles. The fourth-order valence-electron chi connectivity index (χ4n) is 3.94. The Bertz CT molecular complexity index is 1210. The van der Waals surface area contributed by atoms with Gasteiger partial charge in [-0.1, -0.05) is 86.7 Å². The first kappa shape index (κ1) is 29.2. The Morgan fingerprint density at radius 3 is 2.41 bits per heavy atom. The Labute approximate surface area is 229 Å². The number of hydrogen-bond donors (Lipinski definition) is 3. The van der Waals surface area contributed by atoms with Crippen molar-refractivity contribution >= 4 is 17.9 Å². The van der Waals surface area contributed by atoms with Gasteiger partial charge in [-0.25, -0.2) is 9.78 Å². The lowest BCUT2D eigenvalue weighted by molar-refractivity contribution is -0.137. The van der Waals surface area contributed by atoms with Crippen molar-refractivity contribution in [1.29, 1.82) is 0 Å². The Morgan fingerprint density at radius 2 is 1.77 bits per heavy atom. The summed E-state index contributed by atoms with van der Waals surface area (Å²) in [5.41, 5.74) is 2.23. The van der Waals surface area contributed by atoms with E-state index in [-0.39, 0.29) is 37.4 Å². The molecule has 39 heavy (non-hydrogen) atoms. The molecule has 9 heteroatoms. The molecule has 0 aliphatic heterocycles. The summed E-state index contributed by atoms with van der Waals surface area (Å²) in [5, 5.41) is 5.63. The summed E-state index contributed by atoms with van der Waals surface area (Å²) in [5.74, 6) is -0.702. The van der Waals surface area contributed by atoms with E-state index >= 15 is 0 Å². The number of nitrogens with one attached hydrogen (secondary N) is 3. The lowest BCUT2D eigenvalue weighted by Gasteiger charge is -2.28. The number of allylic oxidation sites excluding steroid dienone is 1. The summed E-state index contributed by atoms with van der Waals surface area (Å²) in [4.78, 5) is 47.7. The molecule has 0 bridgehead atoms. The number of carbonyl (C=O) groups excluding carboxylic acids is 3. The fraction of sp³-hybridized carbons (Fsp3) is 0.333. The number of carbonyl (C=O) groups is 3. The molecule has 3 N–H and O–H groups in total. The van der Waals surface area contributed by atoms with Gasteiger partial charge < -0.3 is 25.3 Å². The molecule has 2 aromatic carbocycles. The minimum atomic E-state index is -0.976. The van der Waals surface area contributed by atoms with Crippen LogP contribution in [-0.4, -0.2) is 58.5 Å². The number of nitrogens with zero attached hydrogens (tertiary/aromatic N) is 2. The molecule has 1 heterocycles. The highest BCUT2D eigenvalue weighted by Crippen LogP contribution is 2.21.